The van der Waals surface area contributed by atoms with Crippen LogP contribution >= 0.6 is 0 Å². The minimum atomic E-state index is 0.381. The Morgan fingerprint density at radius 1 is 1.08 bits per heavy atom. The number of ether oxygens (including phenoxy) is 2. The summed E-state index contributed by atoms with van der Waals surface area (Å²) in [5.74, 6) is 1.61. The Kier molecular flexibility index (Phi) is 4.82. The quantitative estimate of drug-likeness (QED) is 0.755. The summed E-state index contributed by atoms with van der Waals surface area (Å²) in [7, 11) is 1.66. The highest BCUT2D eigenvalue weighted by Crippen LogP contribution is 2.30. The molecule has 0 spiro atoms. The smallest absolute Gasteiger partial charge is 0.144 e. The highest BCUT2D eigenvalue weighted by atomic mass is 16.5. The maximum absolute atomic E-state index is 5.80. The summed E-state index contributed by atoms with van der Waals surface area (Å²) in [6, 6.07) is 17.8. The van der Waals surface area contributed by atoms with Crippen LogP contribution in [0.2, 0.25) is 0 Å². The van der Waals surface area contributed by atoms with E-state index in [-0.39, 0.29) is 0 Å². The van der Waals surface area contributed by atoms with Crippen LogP contribution in [-0.4, -0.2) is 23.5 Å². The Morgan fingerprint density at radius 2 is 1.83 bits per heavy atom. The van der Waals surface area contributed by atoms with Crippen molar-refractivity contribution in [2.45, 2.75) is 13.5 Å². The third-order valence-corrected chi connectivity index (χ3v) is 3.74. The number of aromatic nitrogens is 2. The normalized spacial score (nSPS) is 10.6. The van der Waals surface area contributed by atoms with Gasteiger partial charge < -0.3 is 15.2 Å². The maximum atomic E-state index is 5.80. The number of methoxy groups -OCH3 is 1. The molecule has 5 nitrogen and oxygen atoms in total. The summed E-state index contributed by atoms with van der Waals surface area (Å²) in [6.07, 6.45) is 0. The molecule has 0 saturated carbocycles. The SMILES string of the molecule is CCOc1ccc(-c2cc(CN)nn2-c2ccccc2OC)cc1. The first kappa shape index (κ1) is 16.1. The van der Waals surface area contributed by atoms with Gasteiger partial charge in [-0.2, -0.15) is 5.10 Å². The van der Waals surface area contributed by atoms with Gasteiger partial charge in [-0.25, -0.2) is 4.68 Å². The molecule has 0 saturated heterocycles. The maximum Gasteiger partial charge on any atom is 0.144 e. The Bertz CT molecular complexity index is 810. The van der Waals surface area contributed by atoms with Gasteiger partial charge >= 0.3 is 0 Å². The van der Waals surface area contributed by atoms with Crippen LogP contribution in [0.1, 0.15) is 12.6 Å². The molecule has 2 N–H and O–H groups in total. The minimum Gasteiger partial charge on any atom is -0.494 e. The second-order valence-corrected chi connectivity index (χ2v) is 5.27. The van der Waals surface area contributed by atoms with Crippen molar-refractivity contribution in [2.24, 2.45) is 5.73 Å². The van der Waals surface area contributed by atoms with E-state index in [1.165, 1.54) is 0 Å². The van der Waals surface area contributed by atoms with E-state index >= 15 is 0 Å². The number of para-hydroxylation sites is 2. The van der Waals surface area contributed by atoms with E-state index in [0.717, 1.165) is 34.1 Å². The lowest BCUT2D eigenvalue weighted by molar-refractivity contribution is 0.340. The molecule has 0 bridgehead atoms. The second-order valence-electron chi connectivity index (χ2n) is 5.27. The topological polar surface area (TPSA) is 62.3 Å². The Morgan fingerprint density at radius 3 is 2.50 bits per heavy atom. The molecule has 0 fully saturated rings. The lowest BCUT2D eigenvalue weighted by atomic mass is 10.1. The van der Waals surface area contributed by atoms with Gasteiger partial charge in [-0.05, 0) is 49.4 Å². The Balaban J connectivity index is 2.09. The highest BCUT2D eigenvalue weighted by Gasteiger charge is 2.14. The standard InChI is InChI=1S/C19H21N3O2/c1-3-24-16-10-8-14(9-11-16)18-12-15(13-20)21-22(18)17-6-4-5-7-19(17)23-2/h4-12H,3,13,20H2,1-2H3. The average Bonchev–Trinajstić information content (AvgIpc) is 3.07. The summed E-state index contributed by atoms with van der Waals surface area (Å²) >= 11 is 0. The zero-order chi connectivity index (χ0) is 16.9. The van der Waals surface area contributed by atoms with Crippen LogP contribution in [0.5, 0.6) is 11.5 Å². The van der Waals surface area contributed by atoms with E-state index in [1.807, 2.05) is 66.2 Å². The van der Waals surface area contributed by atoms with E-state index in [2.05, 4.69) is 5.10 Å². The largest absolute Gasteiger partial charge is 0.494 e. The molecule has 0 radical (unpaired) electrons. The van der Waals surface area contributed by atoms with E-state index in [1.54, 1.807) is 7.11 Å². The van der Waals surface area contributed by atoms with Crippen LogP contribution in [0.25, 0.3) is 16.9 Å². The van der Waals surface area contributed by atoms with Crippen LogP contribution in [0.3, 0.4) is 0 Å². The van der Waals surface area contributed by atoms with Crippen LogP contribution in [-0.2, 0) is 6.54 Å². The summed E-state index contributed by atoms with van der Waals surface area (Å²) in [5, 5.41) is 4.62. The van der Waals surface area contributed by atoms with E-state index in [9.17, 15) is 0 Å². The van der Waals surface area contributed by atoms with Gasteiger partial charge in [-0.3, -0.25) is 0 Å². The fourth-order valence-corrected chi connectivity index (χ4v) is 2.61. The van der Waals surface area contributed by atoms with Gasteiger partial charge in [0.2, 0.25) is 0 Å². The zero-order valence-corrected chi connectivity index (χ0v) is 13.9. The molecule has 124 valence electrons. The molecular weight excluding hydrogens is 302 g/mol. The molecule has 5 heteroatoms. The summed E-state index contributed by atoms with van der Waals surface area (Å²) < 4.78 is 12.9. The van der Waals surface area contributed by atoms with Gasteiger partial charge in [0.05, 0.1) is 25.1 Å². The molecule has 0 aliphatic carbocycles. The molecule has 0 aliphatic heterocycles. The van der Waals surface area contributed by atoms with Gasteiger partial charge in [-0.15, -0.1) is 0 Å². The molecular formula is C19H21N3O2. The van der Waals surface area contributed by atoms with Crippen LogP contribution in [0.15, 0.2) is 54.6 Å². The Hall–Kier alpha value is -2.79. The third kappa shape index (κ3) is 3.12. The molecule has 24 heavy (non-hydrogen) atoms. The molecule has 3 aromatic rings. The van der Waals surface area contributed by atoms with E-state index in [4.69, 9.17) is 15.2 Å². The number of hydrogen-bond donors (Lipinski definition) is 1. The lowest BCUT2D eigenvalue weighted by Gasteiger charge is -2.12. The molecule has 2 aromatic carbocycles. The fraction of sp³-hybridized carbons (Fsp3) is 0.211. The second kappa shape index (κ2) is 7.19. The minimum absolute atomic E-state index is 0.381. The van der Waals surface area contributed by atoms with Crippen molar-refractivity contribution >= 4 is 0 Å². The van der Waals surface area contributed by atoms with Crippen molar-refractivity contribution in [1.29, 1.82) is 0 Å². The number of hydrogen-bond acceptors (Lipinski definition) is 4. The van der Waals surface area contributed by atoms with Crippen molar-refractivity contribution in [3.8, 4) is 28.4 Å². The number of rotatable bonds is 6. The van der Waals surface area contributed by atoms with Gasteiger partial charge in [0.1, 0.15) is 17.2 Å². The highest BCUT2D eigenvalue weighted by molar-refractivity contribution is 5.65. The number of nitrogens with zero attached hydrogens (tertiary/aromatic N) is 2. The summed E-state index contributed by atoms with van der Waals surface area (Å²) in [5.41, 5.74) is 9.50. The molecule has 0 unspecified atom stereocenters. The Labute approximate surface area is 141 Å². The monoisotopic (exact) mass is 323 g/mol. The van der Waals surface area contributed by atoms with Gasteiger partial charge in [-0.1, -0.05) is 12.1 Å². The van der Waals surface area contributed by atoms with Gasteiger partial charge in [0, 0.05) is 12.1 Å². The van der Waals surface area contributed by atoms with Crippen molar-refractivity contribution in [1.82, 2.24) is 9.78 Å². The van der Waals surface area contributed by atoms with Crippen molar-refractivity contribution in [3.05, 3.63) is 60.3 Å². The first-order valence-electron chi connectivity index (χ1n) is 7.92. The van der Waals surface area contributed by atoms with E-state index < -0.39 is 0 Å². The molecule has 0 atom stereocenters. The molecule has 1 heterocycles. The zero-order valence-electron chi connectivity index (χ0n) is 13.9. The van der Waals surface area contributed by atoms with Crippen LogP contribution in [0, 0.1) is 0 Å². The molecule has 0 aliphatic rings. The van der Waals surface area contributed by atoms with Crippen molar-refractivity contribution in [3.63, 3.8) is 0 Å². The number of nitrogens with two attached hydrogens (primary N) is 1. The van der Waals surface area contributed by atoms with Crippen LogP contribution in [0.4, 0.5) is 0 Å². The lowest BCUT2D eigenvalue weighted by Crippen LogP contribution is -2.03. The molecule has 0 amide bonds. The fourth-order valence-electron chi connectivity index (χ4n) is 2.61. The predicted molar refractivity (Wildman–Crippen MR) is 94.6 cm³/mol. The third-order valence-electron chi connectivity index (χ3n) is 3.74. The number of benzene rings is 2. The predicted octanol–water partition coefficient (Wildman–Crippen LogP) is 3.41. The first-order valence-corrected chi connectivity index (χ1v) is 7.92. The average molecular weight is 323 g/mol. The van der Waals surface area contributed by atoms with Gasteiger partial charge in [0.15, 0.2) is 0 Å². The molecule has 3 rings (SSSR count). The molecule has 1 aromatic heterocycles. The van der Waals surface area contributed by atoms with Crippen LogP contribution < -0.4 is 15.2 Å². The van der Waals surface area contributed by atoms with Crippen molar-refractivity contribution < 1.29 is 9.47 Å². The first-order chi connectivity index (χ1) is 11.8. The van der Waals surface area contributed by atoms with Crippen molar-refractivity contribution in [2.75, 3.05) is 13.7 Å². The summed E-state index contributed by atoms with van der Waals surface area (Å²) in [4.78, 5) is 0. The van der Waals surface area contributed by atoms with E-state index in [0.29, 0.717) is 13.2 Å². The van der Waals surface area contributed by atoms with Gasteiger partial charge in [0.25, 0.3) is 0 Å². The summed E-state index contributed by atoms with van der Waals surface area (Å²) in [6.45, 7) is 3.00.